The van der Waals surface area contributed by atoms with Gasteiger partial charge in [0.05, 0.1) is 10.8 Å². The summed E-state index contributed by atoms with van der Waals surface area (Å²) in [7, 11) is 0. The van der Waals surface area contributed by atoms with E-state index in [9.17, 15) is 0 Å². The summed E-state index contributed by atoms with van der Waals surface area (Å²) in [5.74, 6) is 0. The molecule has 4 heteroatoms. The van der Waals surface area contributed by atoms with Gasteiger partial charge >= 0.3 is 0 Å². The lowest BCUT2D eigenvalue weighted by Crippen LogP contribution is -2.50. The molecule has 384 valence electrons. The van der Waals surface area contributed by atoms with E-state index in [1.54, 1.807) is 0 Å². The monoisotopic (exact) mass is 1060 g/mol. The minimum absolute atomic E-state index is 0.284. The molecule has 0 N–H and O–H groups in total. The molecule has 0 radical (unpaired) electrons. The molecule has 2 nitrogen and oxygen atoms in total. The van der Waals surface area contributed by atoms with Gasteiger partial charge in [-0.1, -0.05) is 246 Å². The topological polar surface area (TPSA) is 6.48 Å². The summed E-state index contributed by atoms with van der Waals surface area (Å²) in [6, 6.07) is 105. The van der Waals surface area contributed by atoms with Gasteiger partial charge in [-0.3, -0.25) is 0 Å². The zero-order valence-electron chi connectivity index (χ0n) is 45.3. The molecule has 3 aliphatic rings. The van der Waals surface area contributed by atoms with Gasteiger partial charge in [0, 0.05) is 43.3 Å². The van der Waals surface area contributed by atoms with Crippen molar-refractivity contribution in [3.05, 3.63) is 344 Å². The third-order valence-electron chi connectivity index (χ3n) is 17.9. The molecule has 10 aromatic carbocycles. The van der Waals surface area contributed by atoms with Crippen molar-refractivity contribution in [2.45, 2.75) is 49.4 Å². The zero-order chi connectivity index (χ0) is 53.8. The Labute approximate surface area is 478 Å². The van der Waals surface area contributed by atoms with Crippen molar-refractivity contribution in [1.82, 2.24) is 0 Å². The average molecular weight is 1060 g/mol. The van der Waals surface area contributed by atoms with Crippen LogP contribution in [0.3, 0.4) is 0 Å². The average Bonchev–Trinajstić information content (AvgIpc) is 4.26. The Morgan fingerprint density at radius 3 is 0.775 bits per heavy atom. The number of anilines is 6. The van der Waals surface area contributed by atoms with Crippen LogP contribution in [0.4, 0.5) is 32.8 Å². The molecule has 0 atom stereocenters. The summed E-state index contributed by atoms with van der Waals surface area (Å²) in [5, 5.41) is 2.35. The fraction of sp³-hybridized carbons (Fsp3) is 0.105. The second-order valence-electron chi connectivity index (χ2n) is 22.8. The van der Waals surface area contributed by atoms with Gasteiger partial charge in [0.15, 0.2) is 0 Å². The van der Waals surface area contributed by atoms with Crippen molar-refractivity contribution < 1.29 is 0 Å². The van der Waals surface area contributed by atoms with Crippen molar-refractivity contribution in [1.29, 1.82) is 0 Å². The Morgan fingerprint density at radius 2 is 0.475 bits per heavy atom. The molecule has 0 aliphatic heterocycles. The second-order valence-corrected chi connectivity index (χ2v) is 24.8. The summed E-state index contributed by atoms with van der Waals surface area (Å²) in [5.41, 5.74) is 20.7. The van der Waals surface area contributed by atoms with Crippen LogP contribution >= 0.6 is 22.7 Å². The van der Waals surface area contributed by atoms with Crippen LogP contribution < -0.4 is 9.80 Å². The van der Waals surface area contributed by atoms with E-state index in [0.717, 1.165) is 22.7 Å². The van der Waals surface area contributed by atoms with Crippen LogP contribution in [0.15, 0.2) is 279 Å². The quantitative estimate of drug-likeness (QED) is 0.150. The number of rotatable bonds is 8. The molecule has 0 amide bonds. The third-order valence-corrected chi connectivity index (χ3v) is 20.4. The number of nitrogens with zero attached hydrogens (tertiary/aromatic N) is 2. The van der Waals surface area contributed by atoms with Crippen LogP contribution in [-0.4, -0.2) is 0 Å². The smallest absolute Gasteiger partial charge is 0.101 e. The van der Waals surface area contributed by atoms with Gasteiger partial charge in [0.1, 0.15) is 10.0 Å². The lowest BCUT2D eigenvalue weighted by Gasteiger charge is -2.55. The van der Waals surface area contributed by atoms with E-state index in [-0.39, 0.29) is 10.8 Å². The maximum atomic E-state index is 2.62. The molecular formula is C76H58N2S2. The van der Waals surface area contributed by atoms with Crippen LogP contribution in [0.1, 0.15) is 93.1 Å². The lowest BCUT2D eigenvalue weighted by atomic mass is 9.48. The molecule has 2 heterocycles. The van der Waals surface area contributed by atoms with Crippen LogP contribution in [0.25, 0.3) is 22.3 Å². The van der Waals surface area contributed by atoms with Crippen molar-refractivity contribution in [3.63, 3.8) is 0 Å². The summed E-state index contributed by atoms with van der Waals surface area (Å²) in [4.78, 5) is 7.74. The largest absolute Gasteiger partial charge is 0.302 e. The fourth-order valence-corrected chi connectivity index (χ4v) is 17.2. The first-order chi connectivity index (χ1) is 39.2. The fourth-order valence-electron chi connectivity index (χ4n) is 14.2. The molecule has 0 saturated heterocycles. The molecule has 0 bridgehead atoms. The molecule has 3 aliphatic carbocycles. The highest BCUT2D eigenvalue weighted by Crippen LogP contribution is 2.71. The van der Waals surface area contributed by atoms with Crippen molar-refractivity contribution in [2.75, 3.05) is 9.80 Å². The lowest BCUT2D eigenvalue weighted by molar-refractivity contribution is 0.522. The highest BCUT2D eigenvalue weighted by molar-refractivity contribution is 7.18. The summed E-state index contributed by atoms with van der Waals surface area (Å²) in [6.45, 7) is 9.74. The Morgan fingerprint density at radius 1 is 0.237 bits per heavy atom. The van der Waals surface area contributed by atoms with E-state index in [2.05, 4.69) is 317 Å². The molecule has 2 aromatic heterocycles. The highest BCUT2D eigenvalue weighted by atomic mass is 32.1. The number of hydrogen-bond acceptors (Lipinski definition) is 4. The van der Waals surface area contributed by atoms with Crippen molar-refractivity contribution in [2.24, 2.45) is 0 Å². The van der Waals surface area contributed by atoms with Gasteiger partial charge < -0.3 is 9.80 Å². The maximum absolute atomic E-state index is 2.62. The highest BCUT2D eigenvalue weighted by Gasteiger charge is 2.62. The van der Waals surface area contributed by atoms with Gasteiger partial charge in [-0.15, -0.1) is 22.7 Å². The van der Waals surface area contributed by atoms with Gasteiger partial charge in [0.25, 0.3) is 0 Å². The van der Waals surface area contributed by atoms with Crippen LogP contribution in [0.2, 0.25) is 0 Å². The molecule has 15 rings (SSSR count). The van der Waals surface area contributed by atoms with E-state index in [4.69, 9.17) is 0 Å². The molecule has 0 saturated carbocycles. The van der Waals surface area contributed by atoms with E-state index < -0.39 is 10.8 Å². The zero-order valence-corrected chi connectivity index (χ0v) is 46.9. The molecule has 0 fully saturated rings. The molecular weight excluding hydrogens is 1000 g/mol. The summed E-state index contributed by atoms with van der Waals surface area (Å²) >= 11 is 3.95. The number of hydrogen-bond donors (Lipinski definition) is 0. The van der Waals surface area contributed by atoms with E-state index >= 15 is 0 Å². The Hall–Kier alpha value is -8.80. The van der Waals surface area contributed by atoms with Crippen molar-refractivity contribution >= 4 is 55.4 Å². The normalized spacial score (nSPS) is 15.2. The molecule has 2 spiro atoms. The Bertz CT molecular complexity index is 3860. The van der Waals surface area contributed by atoms with E-state index in [0.29, 0.717) is 0 Å². The SMILES string of the molecule is CC1(C)c2ccccc2C2(c3ccccc31)c1cc(N(c3ccccc3)c3ccc(-c4ccccc4)cc3)sc1C1(c3ccccc3C(C)(C)c3ccccc31)c1cc(N(c3ccccc3)c3ccc(-c4ccccc4)cc3)sc12. The number of fused-ring (bicyclic) bond motifs is 14. The Balaban J connectivity index is 1.09. The number of para-hydroxylation sites is 2. The first-order valence-electron chi connectivity index (χ1n) is 27.9. The van der Waals surface area contributed by atoms with Gasteiger partial charge in [-0.2, -0.15) is 0 Å². The summed E-state index contributed by atoms with van der Waals surface area (Å²) < 4.78 is 0. The third kappa shape index (κ3) is 6.95. The minimum atomic E-state index is -0.730. The number of thiophene rings is 2. The number of benzene rings is 10. The molecule has 12 aromatic rings. The summed E-state index contributed by atoms with van der Waals surface area (Å²) in [6.07, 6.45) is 0. The Kier molecular flexibility index (Phi) is 11.1. The molecule has 0 unspecified atom stereocenters. The van der Waals surface area contributed by atoms with E-state index in [1.165, 1.54) is 97.6 Å². The standard InChI is InChI=1S/C76H58N2S2/c1-73(2)59-33-17-21-37-63(59)75(64-38-22-18-34-60(64)73)67-49-69(77(55-29-13-7-14-30-55)57-45-41-53(42-46-57)51-25-9-5-10-26-51)80-72(67)76(65-39-23-19-35-61(65)74(3,4)62-36-20-24-40-66(62)76)68-50-70(79-71(68)75)78(56-31-15-8-16-32-56)58-47-43-54(44-48-58)52-27-11-6-12-28-52/h5-50H,1-4H3. The minimum Gasteiger partial charge on any atom is -0.302 e. The first-order valence-corrected chi connectivity index (χ1v) is 29.5. The predicted octanol–water partition coefficient (Wildman–Crippen LogP) is 20.4. The first kappa shape index (κ1) is 48.3. The van der Waals surface area contributed by atoms with Crippen LogP contribution in [0.5, 0.6) is 0 Å². The van der Waals surface area contributed by atoms with Gasteiger partial charge in [-0.25, -0.2) is 0 Å². The molecule has 80 heavy (non-hydrogen) atoms. The van der Waals surface area contributed by atoms with E-state index in [1.807, 2.05) is 22.7 Å². The predicted molar refractivity (Wildman–Crippen MR) is 337 cm³/mol. The van der Waals surface area contributed by atoms with Crippen LogP contribution in [-0.2, 0) is 21.7 Å². The van der Waals surface area contributed by atoms with Crippen molar-refractivity contribution in [3.8, 4) is 22.3 Å². The second kappa shape index (κ2) is 18.4. The van der Waals surface area contributed by atoms with Gasteiger partial charge in [0.2, 0.25) is 0 Å². The maximum Gasteiger partial charge on any atom is 0.101 e. The van der Waals surface area contributed by atoms with Crippen LogP contribution in [0, 0.1) is 0 Å². The van der Waals surface area contributed by atoms with Gasteiger partial charge in [-0.05, 0) is 139 Å².